The first-order valence-electron chi connectivity index (χ1n) is 14.9. The molecule has 0 aliphatic carbocycles. The highest BCUT2D eigenvalue weighted by Gasteiger charge is 2.74. The summed E-state index contributed by atoms with van der Waals surface area (Å²) >= 11 is 0. The molecule has 2 aromatic rings. The molecular weight excluding hydrogens is 530 g/mol. The van der Waals surface area contributed by atoms with Crippen LogP contribution in [0.1, 0.15) is 37.3 Å². The number of rotatable bonds is 7. The fourth-order valence-electron chi connectivity index (χ4n) is 7.40. The maximum atomic E-state index is 14.7. The van der Waals surface area contributed by atoms with Crippen molar-refractivity contribution in [1.29, 1.82) is 0 Å². The molecule has 4 aliphatic rings. The van der Waals surface area contributed by atoms with E-state index in [2.05, 4.69) is 0 Å². The molecule has 3 amide bonds. The number of fused-ring (bicyclic) bond motifs is 2. The van der Waals surface area contributed by atoms with Crippen molar-refractivity contribution in [3.05, 3.63) is 84.0 Å². The van der Waals surface area contributed by atoms with Crippen molar-refractivity contribution in [3.63, 3.8) is 0 Å². The van der Waals surface area contributed by atoms with E-state index in [0.29, 0.717) is 32.5 Å². The molecule has 0 bridgehead atoms. The van der Waals surface area contributed by atoms with Gasteiger partial charge in [0.15, 0.2) is 0 Å². The number of hydrogen-bond donors (Lipinski definition) is 1. The van der Waals surface area contributed by atoms with E-state index < -0.39 is 29.1 Å². The number of amides is 3. The summed E-state index contributed by atoms with van der Waals surface area (Å²) in [7, 11) is 0. The fourth-order valence-corrected chi connectivity index (χ4v) is 7.40. The zero-order valence-electron chi connectivity index (χ0n) is 24.5. The molecule has 42 heavy (non-hydrogen) atoms. The summed E-state index contributed by atoms with van der Waals surface area (Å²) in [6.07, 6.45) is 9.64. The van der Waals surface area contributed by atoms with E-state index in [-0.39, 0.29) is 24.3 Å². The summed E-state index contributed by atoms with van der Waals surface area (Å²) in [5.74, 6) is -2.27. The monoisotopic (exact) mass is 569 g/mol. The number of likely N-dealkylation sites (tertiary alicyclic amines) is 1. The minimum atomic E-state index is -1.29. The maximum Gasteiger partial charge on any atom is 0.253 e. The molecule has 0 radical (unpaired) electrons. The molecule has 1 unspecified atom stereocenters. The SMILES string of the molecule is Cc1ccc(C)c(N2CC=C[C@]34O[C@]5(C)C=CCN(c6ccccc6)C(=O)[C@@H]5[C@H]3C(=O)N(CCCCCO)C4C2=O)c1. The Morgan fingerprint density at radius 3 is 2.36 bits per heavy atom. The van der Waals surface area contributed by atoms with E-state index >= 15 is 0 Å². The number of carbonyl (C=O) groups excluding carboxylic acids is 3. The zero-order valence-corrected chi connectivity index (χ0v) is 24.5. The number of carbonyl (C=O) groups is 3. The van der Waals surface area contributed by atoms with Gasteiger partial charge in [0.25, 0.3) is 5.91 Å². The second-order valence-electron chi connectivity index (χ2n) is 12.1. The van der Waals surface area contributed by atoms with Crippen molar-refractivity contribution in [3.8, 4) is 0 Å². The van der Waals surface area contributed by atoms with Gasteiger partial charge in [0, 0.05) is 37.6 Å². The van der Waals surface area contributed by atoms with Crippen LogP contribution in [0.4, 0.5) is 11.4 Å². The van der Waals surface area contributed by atoms with E-state index in [4.69, 9.17) is 4.74 Å². The Labute approximate surface area is 247 Å². The van der Waals surface area contributed by atoms with Gasteiger partial charge in [-0.2, -0.15) is 0 Å². The highest BCUT2D eigenvalue weighted by atomic mass is 16.5. The molecule has 2 fully saturated rings. The van der Waals surface area contributed by atoms with Crippen LogP contribution in [0.15, 0.2) is 72.8 Å². The lowest BCUT2D eigenvalue weighted by atomic mass is 9.74. The molecule has 6 rings (SSSR count). The Balaban J connectivity index is 1.45. The van der Waals surface area contributed by atoms with Crippen LogP contribution in [0.5, 0.6) is 0 Å². The lowest BCUT2D eigenvalue weighted by Gasteiger charge is -2.37. The topological polar surface area (TPSA) is 90.4 Å². The summed E-state index contributed by atoms with van der Waals surface area (Å²) in [5, 5.41) is 9.33. The molecule has 8 nitrogen and oxygen atoms in total. The lowest BCUT2D eigenvalue weighted by Crippen LogP contribution is -2.56. The number of hydrogen-bond acceptors (Lipinski definition) is 5. The van der Waals surface area contributed by atoms with Crippen molar-refractivity contribution in [1.82, 2.24) is 4.90 Å². The van der Waals surface area contributed by atoms with Crippen molar-refractivity contribution >= 4 is 29.1 Å². The van der Waals surface area contributed by atoms with E-state index in [0.717, 1.165) is 28.9 Å². The second-order valence-corrected chi connectivity index (χ2v) is 12.1. The van der Waals surface area contributed by atoms with Gasteiger partial charge in [0.05, 0.1) is 17.4 Å². The quantitative estimate of drug-likeness (QED) is 0.403. The number of nitrogens with zero attached hydrogens (tertiary/aromatic N) is 3. The Morgan fingerprint density at radius 1 is 0.857 bits per heavy atom. The first-order valence-corrected chi connectivity index (χ1v) is 14.9. The molecule has 220 valence electrons. The Kier molecular flexibility index (Phi) is 7.31. The lowest BCUT2D eigenvalue weighted by molar-refractivity contribution is -0.144. The summed E-state index contributed by atoms with van der Waals surface area (Å²) in [6, 6.07) is 14.6. The van der Waals surface area contributed by atoms with Gasteiger partial charge in [0.1, 0.15) is 11.6 Å². The molecule has 0 saturated carbocycles. The Bertz CT molecular complexity index is 1450. The van der Waals surface area contributed by atoms with Crippen molar-refractivity contribution in [2.24, 2.45) is 11.8 Å². The van der Waals surface area contributed by atoms with Crippen LogP contribution >= 0.6 is 0 Å². The number of unbranched alkanes of at least 4 members (excludes halogenated alkanes) is 2. The van der Waals surface area contributed by atoms with Gasteiger partial charge >= 0.3 is 0 Å². The number of para-hydroxylation sites is 1. The predicted octanol–water partition coefficient (Wildman–Crippen LogP) is 3.94. The average Bonchev–Trinajstić information content (AvgIpc) is 3.24. The normalized spacial score (nSPS) is 30.3. The van der Waals surface area contributed by atoms with Gasteiger partial charge in [-0.15, -0.1) is 0 Å². The molecule has 4 heterocycles. The molecule has 4 aliphatic heterocycles. The molecule has 1 spiro atoms. The minimum Gasteiger partial charge on any atom is -0.396 e. The van der Waals surface area contributed by atoms with Crippen LogP contribution < -0.4 is 9.80 Å². The van der Waals surface area contributed by atoms with Crippen LogP contribution in [0.3, 0.4) is 0 Å². The van der Waals surface area contributed by atoms with E-state index in [9.17, 15) is 19.5 Å². The van der Waals surface area contributed by atoms with E-state index in [1.807, 2.05) is 93.6 Å². The molecule has 2 aromatic carbocycles. The summed E-state index contributed by atoms with van der Waals surface area (Å²) in [5.41, 5.74) is 1.21. The first kappa shape index (κ1) is 28.4. The standard InChI is InChI=1S/C34H39N3O5/c1-23-14-15-24(2)26(22-23)36-20-11-17-34-28(31(40)37(29(34)32(36)41)18-8-5-9-21-38)27-30(39)35(25-12-6-4-7-13-25)19-10-16-33(27,3)42-34/h4,6-7,10-17,22,27-29,38H,5,8-9,18-21H2,1-3H3/t27-,28-,29?,33+,34-/m0/s1. The summed E-state index contributed by atoms with van der Waals surface area (Å²) < 4.78 is 6.95. The Morgan fingerprint density at radius 2 is 1.60 bits per heavy atom. The van der Waals surface area contributed by atoms with Crippen molar-refractivity contribution < 1.29 is 24.2 Å². The van der Waals surface area contributed by atoms with Crippen LogP contribution in [0, 0.1) is 25.7 Å². The molecule has 5 atom stereocenters. The average molecular weight is 570 g/mol. The molecule has 0 aromatic heterocycles. The largest absolute Gasteiger partial charge is 0.396 e. The van der Waals surface area contributed by atoms with Gasteiger partial charge < -0.3 is 24.5 Å². The van der Waals surface area contributed by atoms with Crippen LogP contribution in [-0.4, -0.2) is 71.2 Å². The number of aryl methyl sites for hydroxylation is 2. The molecule has 8 heteroatoms. The summed E-state index contributed by atoms with van der Waals surface area (Å²) in [6.45, 7) is 6.98. The third-order valence-corrected chi connectivity index (χ3v) is 9.34. The van der Waals surface area contributed by atoms with Gasteiger partial charge in [-0.25, -0.2) is 0 Å². The highest BCUT2D eigenvalue weighted by molar-refractivity contribution is 6.07. The van der Waals surface area contributed by atoms with Gasteiger partial charge in [-0.1, -0.05) is 54.6 Å². The number of anilines is 2. The number of ether oxygens (including phenoxy) is 1. The van der Waals surface area contributed by atoms with Gasteiger partial charge in [0.2, 0.25) is 11.8 Å². The molecular formula is C34H39N3O5. The minimum absolute atomic E-state index is 0.0751. The third-order valence-electron chi connectivity index (χ3n) is 9.34. The van der Waals surface area contributed by atoms with Crippen LogP contribution in [0.2, 0.25) is 0 Å². The fraction of sp³-hybridized carbons (Fsp3) is 0.441. The summed E-state index contributed by atoms with van der Waals surface area (Å²) in [4.78, 5) is 48.8. The maximum absolute atomic E-state index is 14.7. The highest BCUT2D eigenvalue weighted by Crippen LogP contribution is 2.57. The van der Waals surface area contributed by atoms with Gasteiger partial charge in [-0.05, 0) is 69.4 Å². The molecule has 1 N–H and O–H groups in total. The zero-order chi connectivity index (χ0) is 29.6. The number of aliphatic hydroxyl groups excluding tert-OH is 1. The predicted molar refractivity (Wildman–Crippen MR) is 161 cm³/mol. The Hall–Kier alpha value is -3.75. The number of aliphatic hydroxyl groups is 1. The van der Waals surface area contributed by atoms with Crippen molar-refractivity contribution in [2.75, 3.05) is 36.0 Å². The molecule has 2 saturated heterocycles. The van der Waals surface area contributed by atoms with E-state index in [1.54, 1.807) is 14.7 Å². The number of benzene rings is 2. The first-order chi connectivity index (χ1) is 20.2. The second kappa shape index (κ2) is 10.8. The smallest absolute Gasteiger partial charge is 0.253 e. The van der Waals surface area contributed by atoms with Crippen LogP contribution in [0.25, 0.3) is 0 Å². The van der Waals surface area contributed by atoms with Gasteiger partial charge in [-0.3, -0.25) is 14.4 Å². The van der Waals surface area contributed by atoms with E-state index in [1.165, 1.54) is 0 Å². The van der Waals surface area contributed by atoms with Crippen molar-refractivity contribution in [2.45, 2.75) is 57.3 Å². The third kappa shape index (κ3) is 4.39. The van der Waals surface area contributed by atoms with Crippen LogP contribution in [-0.2, 0) is 19.1 Å².